The van der Waals surface area contributed by atoms with Crippen LogP contribution in [0.5, 0.6) is 0 Å². The molecule has 0 bridgehead atoms. The molecular weight excluding hydrogens is 586 g/mol. The lowest BCUT2D eigenvalue weighted by Gasteiger charge is -2.38. The van der Waals surface area contributed by atoms with Gasteiger partial charge in [0.2, 0.25) is 11.8 Å². The van der Waals surface area contributed by atoms with Gasteiger partial charge in [-0.3, -0.25) is 14.5 Å². The molecule has 1 N–H and O–H groups in total. The number of rotatable bonds is 10. The Hall–Kier alpha value is -4.21. The average Bonchev–Trinajstić information content (AvgIpc) is 3.70. The van der Waals surface area contributed by atoms with Gasteiger partial charge < -0.3 is 15.1 Å². The summed E-state index contributed by atoms with van der Waals surface area (Å²) < 4.78 is 1.81. The van der Waals surface area contributed by atoms with Gasteiger partial charge in [-0.1, -0.05) is 66.2 Å². The number of nitrogens with zero attached hydrogens (tertiary/aromatic N) is 6. The zero-order chi connectivity index (χ0) is 31.3. The number of halogens is 1. The molecule has 1 aromatic heterocycles. The Morgan fingerprint density at radius 3 is 2.42 bits per heavy atom. The van der Waals surface area contributed by atoms with Crippen LogP contribution in [0.15, 0.2) is 85.5 Å². The molecule has 0 aliphatic carbocycles. The zero-order valence-corrected chi connectivity index (χ0v) is 26.6. The van der Waals surface area contributed by atoms with Crippen LogP contribution in [0, 0.1) is 0 Å². The van der Waals surface area contributed by atoms with E-state index in [9.17, 15) is 9.59 Å². The summed E-state index contributed by atoms with van der Waals surface area (Å²) in [6, 6.07) is 23.7. The Balaban J connectivity index is 1.15. The molecule has 2 amide bonds. The molecule has 3 heterocycles. The first kappa shape index (κ1) is 30.8. The van der Waals surface area contributed by atoms with Crippen molar-refractivity contribution in [2.45, 2.75) is 57.9 Å². The predicted octanol–water partition coefficient (Wildman–Crippen LogP) is 4.71. The van der Waals surface area contributed by atoms with Crippen LogP contribution in [-0.4, -0.2) is 74.6 Å². The summed E-state index contributed by atoms with van der Waals surface area (Å²) in [5.74, 6) is -0.170. The van der Waals surface area contributed by atoms with Crippen molar-refractivity contribution in [3.63, 3.8) is 0 Å². The number of anilines is 1. The summed E-state index contributed by atoms with van der Waals surface area (Å²) in [5.41, 5.74) is 5.70. The van der Waals surface area contributed by atoms with E-state index in [0.717, 1.165) is 23.4 Å². The summed E-state index contributed by atoms with van der Waals surface area (Å²) in [6.45, 7) is 8.32. The molecule has 2 aliphatic rings. The molecule has 45 heavy (non-hydrogen) atoms. The normalized spacial score (nSPS) is 17.4. The standard InChI is InChI=1S/C35H40ClN7O2/c1-25(2)43-22-27-7-3-5-9-30(27)33(43)20-34(44)39-31(19-26-11-13-29(36)14-12-26)35(45)41-17-15-40(16-18-41)32-10-6-4-8-28(32)21-42-24-37-23-38-42/h3-14,23-25,31,33H,15-22H2,1-2H3,(H,39,44)/t31-,33?/m1/s1. The minimum absolute atomic E-state index is 0.0198. The lowest BCUT2D eigenvalue weighted by molar-refractivity contribution is -0.137. The molecule has 3 aromatic carbocycles. The van der Waals surface area contributed by atoms with Gasteiger partial charge in [0.1, 0.15) is 18.7 Å². The Labute approximate surface area is 269 Å². The summed E-state index contributed by atoms with van der Waals surface area (Å²) in [5, 5.41) is 8.05. The van der Waals surface area contributed by atoms with Crippen LogP contribution in [0.1, 0.15) is 48.6 Å². The first-order valence-corrected chi connectivity index (χ1v) is 16.0. The molecular formula is C35H40ClN7O2. The van der Waals surface area contributed by atoms with E-state index < -0.39 is 6.04 Å². The number of hydrogen-bond donors (Lipinski definition) is 1. The molecule has 6 rings (SSSR count). The third kappa shape index (κ3) is 7.21. The molecule has 0 spiro atoms. The summed E-state index contributed by atoms with van der Waals surface area (Å²) in [6.07, 6.45) is 3.96. The summed E-state index contributed by atoms with van der Waals surface area (Å²) in [4.78, 5) is 38.4. The number of nitrogens with one attached hydrogen (secondary N) is 1. The van der Waals surface area contributed by atoms with Crippen LogP contribution in [0.2, 0.25) is 5.02 Å². The van der Waals surface area contributed by atoms with E-state index in [1.54, 1.807) is 12.7 Å². The molecule has 0 saturated carbocycles. The van der Waals surface area contributed by atoms with Crippen LogP contribution < -0.4 is 10.2 Å². The fourth-order valence-electron chi connectivity index (χ4n) is 6.57. The molecule has 1 saturated heterocycles. The molecule has 2 atom stereocenters. The van der Waals surface area contributed by atoms with Crippen LogP contribution in [0.3, 0.4) is 0 Å². The highest BCUT2D eigenvalue weighted by molar-refractivity contribution is 6.30. The third-order valence-electron chi connectivity index (χ3n) is 8.92. The van der Waals surface area contributed by atoms with Crippen molar-refractivity contribution < 1.29 is 9.59 Å². The highest BCUT2D eigenvalue weighted by Crippen LogP contribution is 2.37. The Morgan fingerprint density at radius 2 is 1.69 bits per heavy atom. The number of carbonyl (C=O) groups excluding carboxylic acids is 2. The molecule has 10 heteroatoms. The van der Waals surface area contributed by atoms with Crippen molar-refractivity contribution in [1.29, 1.82) is 0 Å². The average molecular weight is 626 g/mol. The summed E-state index contributed by atoms with van der Waals surface area (Å²) in [7, 11) is 0. The SMILES string of the molecule is CC(C)N1Cc2ccccc2C1CC(=O)N[C@H](Cc1ccc(Cl)cc1)C(=O)N1CCN(c2ccccc2Cn2cncn2)CC1. The van der Waals surface area contributed by atoms with E-state index in [0.29, 0.717) is 56.6 Å². The van der Waals surface area contributed by atoms with E-state index >= 15 is 0 Å². The van der Waals surface area contributed by atoms with Gasteiger partial charge in [0.05, 0.1) is 6.54 Å². The maximum Gasteiger partial charge on any atom is 0.245 e. The van der Waals surface area contributed by atoms with Gasteiger partial charge in [-0.25, -0.2) is 9.67 Å². The predicted molar refractivity (Wildman–Crippen MR) is 176 cm³/mol. The molecule has 4 aromatic rings. The van der Waals surface area contributed by atoms with E-state index in [-0.39, 0.29) is 17.9 Å². The Bertz CT molecular complexity index is 1600. The van der Waals surface area contributed by atoms with Crippen molar-refractivity contribution in [2.75, 3.05) is 31.1 Å². The lowest BCUT2D eigenvalue weighted by atomic mass is 10.0. The highest BCUT2D eigenvalue weighted by atomic mass is 35.5. The zero-order valence-electron chi connectivity index (χ0n) is 25.8. The first-order valence-electron chi connectivity index (χ1n) is 15.7. The molecule has 2 aliphatic heterocycles. The van der Waals surface area contributed by atoms with Gasteiger partial charge in [-0.15, -0.1) is 0 Å². The number of piperazine rings is 1. The van der Waals surface area contributed by atoms with E-state index in [1.807, 2.05) is 52.0 Å². The van der Waals surface area contributed by atoms with Gasteiger partial charge in [0.15, 0.2) is 0 Å². The molecule has 1 fully saturated rings. The third-order valence-corrected chi connectivity index (χ3v) is 9.17. The van der Waals surface area contributed by atoms with Crippen LogP contribution >= 0.6 is 11.6 Å². The van der Waals surface area contributed by atoms with Crippen molar-refractivity contribution in [3.8, 4) is 0 Å². The topological polar surface area (TPSA) is 86.6 Å². The van der Waals surface area contributed by atoms with Gasteiger partial charge in [-0.05, 0) is 54.3 Å². The molecule has 1 unspecified atom stereocenters. The molecule has 9 nitrogen and oxygen atoms in total. The number of carbonyl (C=O) groups is 2. The van der Waals surface area contributed by atoms with E-state index in [2.05, 4.69) is 69.4 Å². The smallest absolute Gasteiger partial charge is 0.245 e. The van der Waals surface area contributed by atoms with Gasteiger partial charge in [0, 0.05) is 68.4 Å². The van der Waals surface area contributed by atoms with Crippen LogP contribution in [-0.2, 0) is 29.1 Å². The highest BCUT2D eigenvalue weighted by Gasteiger charge is 2.35. The first-order chi connectivity index (χ1) is 21.9. The minimum Gasteiger partial charge on any atom is -0.368 e. The summed E-state index contributed by atoms with van der Waals surface area (Å²) >= 11 is 6.15. The minimum atomic E-state index is -0.672. The van der Waals surface area contributed by atoms with E-state index in [1.165, 1.54) is 11.1 Å². The maximum atomic E-state index is 14.1. The van der Waals surface area contributed by atoms with Gasteiger partial charge in [-0.2, -0.15) is 5.10 Å². The van der Waals surface area contributed by atoms with Crippen molar-refractivity contribution in [3.05, 3.63) is 113 Å². The van der Waals surface area contributed by atoms with E-state index in [4.69, 9.17) is 11.6 Å². The lowest BCUT2D eigenvalue weighted by Crippen LogP contribution is -2.56. The van der Waals surface area contributed by atoms with Gasteiger partial charge >= 0.3 is 0 Å². The molecule has 234 valence electrons. The van der Waals surface area contributed by atoms with Crippen molar-refractivity contribution in [1.82, 2.24) is 29.9 Å². The number of amides is 2. The number of para-hydroxylation sites is 1. The second kappa shape index (κ2) is 13.8. The second-order valence-electron chi connectivity index (χ2n) is 12.2. The second-order valence-corrected chi connectivity index (χ2v) is 12.6. The number of hydrogen-bond acceptors (Lipinski definition) is 6. The number of benzene rings is 3. The van der Waals surface area contributed by atoms with Crippen molar-refractivity contribution in [2.24, 2.45) is 0 Å². The largest absolute Gasteiger partial charge is 0.368 e. The maximum absolute atomic E-state index is 14.1. The van der Waals surface area contributed by atoms with Crippen LogP contribution in [0.25, 0.3) is 0 Å². The molecule has 0 radical (unpaired) electrons. The number of fused-ring (bicyclic) bond motifs is 1. The van der Waals surface area contributed by atoms with Crippen LogP contribution in [0.4, 0.5) is 5.69 Å². The monoisotopic (exact) mass is 625 g/mol. The van der Waals surface area contributed by atoms with Gasteiger partial charge in [0.25, 0.3) is 0 Å². The van der Waals surface area contributed by atoms with Crippen molar-refractivity contribution >= 4 is 29.1 Å². The Morgan fingerprint density at radius 1 is 0.956 bits per heavy atom. The fraction of sp³-hybridized carbons (Fsp3) is 0.371. The number of aromatic nitrogens is 3. The quantitative estimate of drug-likeness (QED) is 0.275. The Kier molecular flexibility index (Phi) is 9.47. The fourth-order valence-corrected chi connectivity index (χ4v) is 6.70.